The van der Waals surface area contributed by atoms with Crippen LogP contribution in [0.15, 0.2) is 24.3 Å². The highest BCUT2D eigenvalue weighted by Crippen LogP contribution is 2.23. The van der Waals surface area contributed by atoms with Crippen LogP contribution in [0.2, 0.25) is 0 Å². The van der Waals surface area contributed by atoms with Crippen molar-refractivity contribution in [1.82, 2.24) is 4.37 Å². The van der Waals surface area contributed by atoms with Crippen molar-refractivity contribution >= 4 is 16.5 Å². The smallest absolute Gasteiger partial charge is 0.127 e. The average molecular weight is 247 g/mol. The van der Waals surface area contributed by atoms with Crippen LogP contribution in [0.5, 0.6) is 0 Å². The van der Waals surface area contributed by atoms with Crippen LogP contribution in [0.3, 0.4) is 0 Å². The van der Waals surface area contributed by atoms with Gasteiger partial charge in [0.05, 0.1) is 5.69 Å². The molecule has 0 bridgehead atoms. The number of halogens is 1. The molecular weight excluding hydrogens is 237 g/mol. The summed E-state index contributed by atoms with van der Waals surface area (Å²) in [4.78, 5) is 0. The molecule has 1 N–H and O–H groups in total. The zero-order chi connectivity index (χ0) is 12.3. The van der Waals surface area contributed by atoms with Crippen LogP contribution < -0.4 is 5.32 Å². The second-order valence-corrected chi connectivity index (χ2v) is 4.34. The molecule has 0 atom stereocenters. The van der Waals surface area contributed by atoms with Crippen LogP contribution in [-0.4, -0.2) is 4.37 Å². The van der Waals surface area contributed by atoms with Gasteiger partial charge in [-0.2, -0.15) is 9.64 Å². The summed E-state index contributed by atoms with van der Waals surface area (Å²) in [7, 11) is 0. The largest absolute Gasteiger partial charge is 0.370 e. The molecule has 1 heterocycles. The molecule has 0 spiro atoms. The van der Waals surface area contributed by atoms with E-state index in [1.54, 1.807) is 19.1 Å². The highest BCUT2D eigenvalue weighted by atomic mass is 32.1. The molecule has 3 nitrogen and oxygen atoms in total. The van der Waals surface area contributed by atoms with Gasteiger partial charge in [-0.3, -0.25) is 0 Å². The number of nitriles is 1. The Hall–Kier alpha value is -1.93. The van der Waals surface area contributed by atoms with Crippen molar-refractivity contribution < 1.29 is 4.39 Å². The van der Waals surface area contributed by atoms with Gasteiger partial charge in [0.2, 0.25) is 0 Å². The van der Waals surface area contributed by atoms with Gasteiger partial charge in [0.25, 0.3) is 0 Å². The number of aromatic nitrogens is 1. The first-order chi connectivity index (χ1) is 8.20. The number of hydrogen-bond donors (Lipinski definition) is 1. The number of hydrogen-bond acceptors (Lipinski definition) is 4. The maximum atomic E-state index is 12.7. The fourth-order valence-electron chi connectivity index (χ4n) is 1.41. The number of rotatable bonds is 3. The summed E-state index contributed by atoms with van der Waals surface area (Å²) in [6.07, 6.45) is 0. The topological polar surface area (TPSA) is 48.7 Å². The van der Waals surface area contributed by atoms with Crippen LogP contribution >= 0.6 is 11.5 Å². The highest BCUT2D eigenvalue weighted by molar-refractivity contribution is 7.10. The maximum Gasteiger partial charge on any atom is 0.127 e. The lowest BCUT2D eigenvalue weighted by Crippen LogP contribution is -1.99. The van der Waals surface area contributed by atoms with Crippen molar-refractivity contribution in [3.05, 3.63) is 46.9 Å². The van der Waals surface area contributed by atoms with Crippen LogP contribution in [-0.2, 0) is 6.54 Å². The van der Waals surface area contributed by atoms with E-state index in [4.69, 9.17) is 5.26 Å². The van der Waals surface area contributed by atoms with Gasteiger partial charge in [-0.1, -0.05) is 12.1 Å². The summed E-state index contributed by atoms with van der Waals surface area (Å²) >= 11 is 1.27. The molecule has 2 rings (SSSR count). The lowest BCUT2D eigenvalue weighted by molar-refractivity contribution is 0.627. The molecular formula is C12H10FN3S. The Morgan fingerprint density at radius 3 is 2.76 bits per heavy atom. The van der Waals surface area contributed by atoms with Gasteiger partial charge in [0.1, 0.15) is 22.5 Å². The molecule has 0 fully saturated rings. The monoisotopic (exact) mass is 247 g/mol. The summed E-state index contributed by atoms with van der Waals surface area (Å²) in [5.74, 6) is -0.250. The SMILES string of the molecule is Cc1nsc(NCc2ccc(F)cc2)c1C#N. The molecule has 0 aliphatic rings. The lowest BCUT2D eigenvalue weighted by atomic mass is 10.2. The van der Waals surface area contributed by atoms with Crippen LogP contribution in [0.4, 0.5) is 9.39 Å². The third kappa shape index (κ3) is 2.60. The Kier molecular flexibility index (Phi) is 3.35. The lowest BCUT2D eigenvalue weighted by Gasteiger charge is -2.03. The Labute approximate surface area is 103 Å². The van der Waals surface area contributed by atoms with E-state index in [2.05, 4.69) is 15.8 Å². The molecule has 0 saturated carbocycles. The van der Waals surface area contributed by atoms with E-state index >= 15 is 0 Å². The van der Waals surface area contributed by atoms with Crippen molar-refractivity contribution in [3.8, 4) is 6.07 Å². The average Bonchev–Trinajstić information content (AvgIpc) is 2.69. The molecule has 17 heavy (non-hydrogen) atoms. The Bertz CT molecular complexity index is 554. The van der Waals surface area contributed by atoms with E-state index < -0.39 is 0 Å². The Morgan fingerprint density at radius 1 is 1.41 bits per heavy atom. The first-order valence-corrected chi connectivity index (χ1v) is 5.82. The molecule has 0 unspecified atom stereocenters. The number of aryl methyl sites for hydroxylation is 1. The summed E-state index contributed by atoms with van der Waals surface area (Å²) in [6.45, 7) is 2.36. The van der Waals surface area contributed by atoms with Crippen LogP contribution in [0.25, 0.3) is 0 Å². The van der Waals surface area contributed by atoms with E-state index in [1.165, 1.54) is 23.7 Å². The van der Waals surface area contributed by atoms with E-state index in [1.807, 2.05) is 0 Å². The van der Waals surface area contributed by atoms with Crippen molar-refractivity contribution in [2.45, 2.75) is 13.5 Å². The Balaban J connectivity index is 2.08. The minimum Gasteiger partial charge on any atom is -0.370 e. The first kappa shape index (κ1) is 11.6. The highest BCUT2D eigenvalue weighted by Gasteiger charge is 2.09. The number of benzene rings is 1. The van der Waals surface area contributed by atoms with Gasteiger partial charge in [0, 0.05) is 6.54 Å². The molecule has 1 aromatic heterocycles. The van der Waals surface area contributed by atoms with Gasteiger partial charge < -0.3 is 5.32 Å². The second-order valence-electron chi connectivity index (χ2n) is 3.56. The minimum atomic E-state index is -0.250. The number of nitrogens with zero attached hydrogens (tertiary/aromatic N) is 2. The normalized spacial score (nSPS) is 9.94. The van der Waals surface area contributed by atoms with Gasteiger partial charge in [-0.15, -0.1) is 0 Å². The summed E-state index contributed by atoms with van der Waals surface area (Å²) in [6, 6.07) is 8.37. The minimum absolute atomic E-state index is 0.250. The third-order valence-corrected chi connectivity index (χ3v) is 3.24. The van der Waals surface area contributed by atoms with Crippen molar-refractivity contribution in [3.63, 3.8) is 0 Å². The zero-order valence-electron chi connectivity index (χ0n) is 9.20. The maximum absolute atomic E-state index is 12.7. The fraction of sp³-hybridized carbons (Fsp3) is 0.167. The van der Waals surface area contributed by atoms with Crippen molar-refractivity contribution in [2.75, 3.05) is 5.32 Å². The van der Waals surface area contributed by atoms with Gasteiger partial charge >= 0.3 is 0 Å². The van der Waals surface area contributed by atoms with E-state index in [9.17, 15) is 4.39 Å². The molecule has 5 heteroatoms. The molecule has 0 saturated heterocycles. The summed E-state index contributed by atoms with van der Waals surface area (Å²) < 4.78 is 16.8. The van der Waals surface area contributed by atoms with Crippen LogP contribution in [0, 0.1) is 24.1 Å². The molecule has 86 valence electrons. The molecule has 0 radical (unpaired) electrons. The molecule has 1 aromatic carbocycles. The van der Waals surface area contributed by atoms with Crippen molar-refractivity contribution in [2.24, 2.45) is 0 Å². The van der Waals surface area contributed by atoms with E-state index in [0.717, 1.165) is 16.3 Å². The molecule has 0 aliphatic carbocycles. The predicted molar refractivity (Wildman–Crippen MR) is 65.3 cm³/mol. The Morgan fingerprint density at radius 2 is 2.12 bits per heavy atom. The van der Waals surface area contributed by atoms with E-state index in [-0.39, 0.29) is 5.82 Å². The first-order valence-electron chi connectivity index (χ1n) is 5.05. The quantitative estimate of drug-likeness (QED) is 0.906. The van der Waals surface area contributed by atoms with Gasteiger partial charge in [0.15, 0.2) is 0 Å². The second kappa shape index (κ2) is 4.93. The van der Waals surface area contributed by atoms with Crippen LogP contribution in [0.1, 0.15) is 16.8 Å². The summed E-state index contributed by atoms with van der Waals surface area (Å²) in [5, 5.41) is 12.8. The number of anilines is 1. The summed E-state index contributed by atoms with van der Waals surface area (Å²) in [5.41, 5.74) is 2.28. The van der Waals surface area contributed by atoms with Gasteiger partial charge in [-0.25, -0.2) is 4.39 Å². The zero-order valence-corrected chi connectivity index (χ0v) is 10.0. The van der Waals surface area contributed by atoms with Gasteiger partial charge in [-0.05, 0) is 36.2 Å². The van der Waals surface area contributed by atoms with E-state index in [0.29, 0.717) is 12.1 Å². The third-order valence-electron chi connectivity index (χ3n) is 2.34. The standard InChI is InChI=1S/C12H10FN3S/c1-8-11(6-14)12(17-16-8)15-7-9-2-4-10(13)5-3-9/h2-5,15H,7H2,1H3. The predicted octanol–water partition coefficient (Wildman–Crippen LogP) is 3.07. The fourth-order valence-corrected chi connectivity index (χ4v) is 2.15. The molecule has 0 amide bonds. The van der Waals surface area contributed by atoms with Crippen molar-refractivity contribution in [1.29, 1.82) is 5.26 Å². The number of nitrogens with one attached hydrogen (secondary N) is 1. The molecule has 0 aliphatic heterocycles. The molecule has 2 aromatic rings.